The van der Waals surface area contributed by atoms with E-state index in [0.717, 1.165) is 5.69 Å². The smallest absolute Gasteiger partial charge is 0.214 e. The van der Waals surface area contributed by atoms with E-state index < -0.39 is 0 Å². The van der Waals surface area contributed by atoms with Gasteiger partial charge in [0.25, 0.3) is 0 Å². The van der Waals surface area contributed by atoms with Gasteiger partial charge in [0.15, 0.2) is 0 Å². The molecule has 0 spiro atoms. The van der Waals surface area contributed by atoms with E-state index in [-0.39, 0.29) is 6.10 Å². The Morgan fingerprint density at radius 3 is 3.00 bits per heavy atom. The first-order valence-electron chi connectivity index (χ1n) is 4.84. The van der Waals surface area contributed by atoms with E-state index >= 15 is 0 Å². The molecular weight excluding hydrogens is 216 g/mol. The molecule has 1 aliphatic heterocycles. The Balaban J connectivity index is 2.06. The van der Waals surface area contributed by atoms with Gasteiger partial charge in [-0.3, -0.25) is 0 Å². The zero-order valence-electron chi connectivity index (χ0n) is 8.50. The summed E-state index contributed by atoms with van der Waals surface area (Å²) < 4.78 is 10.6. The summed E-state index contributed by atoms with van der Waals surface area (Å²) in [4.78, 5) is 4.31. The lowest BCUT2D eigenvalue weighted by Crippen LogP contribution is -2.38. The minimum Gasteiger partial charge on any atom is -0.469 e. The predicted molar refractivity (Wildman–Crippen MR) is 57.2 cm³/mol. The first kappa shape index (κ1) is 10.7. The van der Waals surface area contributed by atoms with Crippen molar-refractivity contribution in [3.8, 4) is 5.88 Å². The largest absolute Gasteiger partial charge is 0.469 e. The zero-order valence-corrected chi connectivity index (χ0v) is 9.25. The molecule has 0 radical (unpaired) electrons. The van der Waals surface area contributed by atoms with Gasteiger partial charge in [-0.15, -0.1) is 0 Å². The molecule has 0 unspecified atom stereocenters. The lowest BCUT2D eigenvalue weighted by atomic mass is 10.3. The number of halogens is 1. The van der Waals surface area contributed by atoms with Crippen molar-refractivity contribution in [1.82, 2.24) is 10.3 Å². The molecule has 0 aliphatic carbocycles. The maximum absolute atomic E-state index is 5.98. The normalized spacial score (nSPS) is 16.1. The summed E-state index contributed by atoms with van der Waals surface area (Å²) >= 11 is 5.98. The number of hydrogen-bond donors (Lipinski definition) is 1. The van der Waals surface area contributed by atoms with Crippen LogP contribution in [0.25, 0.3) is 0 Å². The summed E-state index contributed by atoms with van der Waals surface area (Å²) in [5.41, 5.74) is 0.803. The molecule has 1 aromatic rings. The van der Waals surface area contributed by atoms with Crippen molar-refractivity contribution < 1.29 is 9.47 Å². The van der Waals surface area contributed by atoms with Gasteiger partial charge in [-0.2, -0.15) is 0 Å². The molecule has 1 aromatic heterocycles. The third-order valence-electron chi connectivity index (χ3n) is 2.13. The first-order valence-corrected chi connectivity index (χ1v) is 5.22. The van der Waals surface area contributed by atoms with Crippen LogP contribution in [0.4, 0.5) is 0 Å². The summed E-state index contributed by atoms with van der Waals surface area (Å²) in [5, 5.41) is 3.66. The highest BCUT2D eigenvalue weighted by Crippen LogP contribution is 2.19. The van der Waals surface area contributed by atoms with Crippen molar-refractivity contribution in [2.45, 2.75) is 12.6 Å². The SMILES string of the molecule is CNCc1nc(OC2COC2)ccc1Cl. The van der Waals surface area contributed by atoms with Crippen molar-refractivity contribution in [2.24, 2.45) is 0 Å². The van der Waals surface area contributed by atoms with Crippen LogP contribution in [0.3, 0.4) is 0 Å². The second-order valence-corrected chi connectivity index (χ2v) is 3.79. The standard InChI is InChI=1S/C10H13ClN2O2/c1-12-4-9-8(11)2-3-10(13-9)15-7-5-14-6-7/h2-3,7,12H,4-6H2,1H3. The summed E-state index contributed by atoms with van der Waals surface area (Å²) in [6, 6.07) is 3.58. The maximum atomic E-state index is 5.98. The minimum atomic E-state index is 0.140. The van der Waals surface area contributed by atoms with E-state index in [9.17, 15) is 0 Å². The molecule has 4 nitrogen and oxygen atoms in total. The Labute approximate surface area is 93.6 Å². The van der Waals surface area contributed by atoms with Gasteiger partial charge in [-0.1, -0.05) is 11.6 Å². The molecule has 0 bridgehead atoms. The van der Waals surface area contributed by atoms with Crippen molar-refractivity contribution in [2.75, 3.05) is 20.3 Å². The topological polar surface area (TPSA) is 43.4 Å². The average molecular weight is 229 g/mol. The minimum absolute atomic E-state index is 0.140. The Hall–Kier alpha value is -0.840. The Kier molecular flexibility index (Phi) is 3.41. The number of nitrogens with one attached hydrogen (secondary N) is 1. The van der Waals surface area contributed by atoms with Crippen LogP contribution in [0.15, 0.2) is 12.1 Å². The van der Waals surface area contributed by atoms with Crippen LogP contribution in [0.2, 0.25) is 5.02 Å². The molecule has 0 saturated carbocycles. The van der Waals surface area contributed by atoms with E-state index in [1.165, 1.54) is 0 Å². The summed E-state index contributed by atoms with van der Waals surface area (Å²) in [6.07, 6.45) is 0.140. The molecule has 0 amide bonds. The highest BCUT2D eigenvalue weighted by molar-refractivity contribution is 6.31. The van der Waals surface area contributed by atoms with E-state index in [1.54, 1.807) is 12.1 Å². The van der Waals surface area contributed by atoms with E-state index in [0.29, 0.717) is 30.7 Å². The molecule has 2 rings (SSSR count). The van der Waals surface area contributed by atoms with Crippen LogP contribution < -0.4 is 10.1 Å². The van der Waals surface area contributed by atoms with Gasteiger partial charge in [0, 0.05) is 12.6 Å². The third kappa shape index (κ3) is 2.59. The summed E-state index contributed by atoms with van der Waals surface area (Å²) in [6.45, 7) is 1.93. The average Bonchev–Trinajstić information content (AvgIpc) is 2.17. The van der Waals surface area contributed by atoms with Crippen LogP contribution in [0, 0.1) is 0 Å². The monoisotopic (exact) mass is 228 g/mol. The van der Waals surface area contributed by atoms with Gasteiger partial charge in [0.2, 0.25) is 5.88 Å². The zero-order chi connectivity index (χ0) is 10.7. The molecule has 1 aliphatic rings. The molecule has 82 valence electrons. The molecular formula is C10H13ClN2O2. The molecule has 1 saturated heterocycles. The lowest BCUT2D eigenvalue weighted by Gasteiger charge is -2.26. The number of rotatable bonds is 4. The molecule has 0 atom stereocenters. The highest BCUT2D eigenvalue weighted by Gasteiger charge is 2.20. The van der Waals surface area contributed by atoms with Gasteiger partial charge in [0.05, 0.1) is 23.9 Å². The van der Waals surface area contributed by atoms with Crippen LogP contribution >= 0.6 is 11.6 Å². The molecule has 1 fully saturated rings. The van der Waals surface area contributed by atoms with Gasteiger partial charge >= 0.3 is 0 Å². The number of pyridine rings is 1. The van der Waals surface area contributed by atoms with Gasteiger partial charge in [0.1, 0.15) is 6.10 Å². The highest BCUT2D eigenvalue weighted by atomic mass is 35.5. The Morgan fingerprint density at radius 2 is 2.40 bits per heavy atom. The van der Waals surface area contributed by atoms with Crippen molar-refractivity contribution in [1.29, 1.82) is 0 Å². The summed E-state index contributed by atoms with van der Waals surface area (Å²) in [7, 11) is 1.85. The van der Waals surface area contributed by atoms with Gasteiger partial charge in [-0.25, -0.2) is 4.98 Å². The van der Waals surface area contributed by atoms with E-state index in [4.69, 9.17) is 21.1 Å². The van der Waals surface area contributed by atoms with E-state index in [1.807, 2.05) is 7.05 Å². The third-order valence-corrected chi connectivity index (χ3v) is 2.48. The summed E-state index contributed by atoms with van der Waals surface area (Å²) in [5.74, 6) is 0.609. The second-order valence-electron chi connectivity index (χ2n) is 3.39. The number of aromatic nitrogens is 1. The quantitative estimate of drug-likeness (QED) is 0.842. The van der Waals surface area contributed by atoms with E-state index in [2.05, 4.69) is 10.3 Å². The fourth-order valence-corrected chi connectivity index (χ4v) is 1.45. The molecule has 0 aromatic carbocycles. The lowest BCUT2D eigenvalue weighted by molar-refractivity contribution is -0.0813. The van der Waals surface area contributed by atoms with Crippen molar-refractivity contribution in [3.05, 3.63) is 22.8 Å². The van der Waals surface area contributed by atoms with Crippen LogP contribution in [-0.4, -0.2) is 31.3 Å². The van der Waals surface area contributed by atoms with Crippen LogP contribution in [0.1, 0.15) is 5.69 Å². The fourth-order valence-electron chi connectivity index (χ4n) is 1.27. The first-order chi connectivity index (χ1) is 7.29. The van der Waals surface area contributed by atoms with Crippen LogP contribution in [0.5, 0.6) is 5.88 Å². The molecule has 1 N–H and O–H groups in total. The molecule has 5 heteroatoms. The Morgan fingerprint density at radius 1 is 1.60 bits per heavy atom. The second kappa shape index (κ2) is 4.79. The number of ether oxygens (including phenoxy) is 2. The molecule has 2 heterocycles. The predicted octanol–water partition coefficient (Wildman–Crippen LogP) is 1.23. The van der Waals surface area contributed by atoms with Gasteiger partial charge in [-0.05, 0) is 13.1 Å². The molecule has 15 heavy (non-hydrogen) atoms. The Bertz CT molecular complexity index is 342. The number of nitrogens with zero attached hydrogens (tertiary/aromatic N) is 1. The van der Waals surface area contributed by atoms with Crippen LogP contribution in [-0.2, 0) is 11.3 Å². The fraction of sp³-hybridized carbons (Fsp3) is 0.500. The van der Waals surface area contributed by atoms with Crippen molar-refractivity contribution >= 4 is 11.6 Å². The van der Waals surface area contributed by atoms with Crippen molar-refractivity contribution in [3.63, 3.8) is 0 Å². The maximum Gasteiger partial charge on any atom is 0.214 e. The number of hydrogen-bond acceptors (Lipinski definition) is 4. The van der Waals surface area contributed by atoms with Gasteiger partial charge < -0.3 is 14.8 Å².